The summed E-state index contributed by atoms with van der Waals surface area (Å²) in [6.45, 7) is -1.65. The van der Waals surface area contributed by atoms with Gasteiger partial charge in [0.25, 0.3) is 0 Å². The molecule has 0 aromatic carbocycles. The number of likely N-dealkylation sites (N-methyl/N-ethyl adjacent to an activating group) is 1. The highest BCUT2D eigenvalue weighted by atomic mass is 19.4. The molecule has 0 aromatic heterocycles. The van der Waals surface area contributed by atoms with Crippen molar-refractivity contribution in [1.82, 2.24) is 9.80 Å². The third kappa shape index (κ3) is 6.45. The molecule has 1 aliphatic heterocycles. The quantitative estimate of drug-likeness (QED) is 0.163. The van der Waals surface area contributed by atoms with Crippen molar-refractivity contribution >= 4 is 17.8 Å². The molecule has 1 saturated heterocycles. The second kappa shape index (κ2) is 10.4. The fraction of sp³-hybridized carbons (Fsp3) is 0.769. The molecule has 0 spiro atoms. The molecule has 0 radical (unpaired) electrons. The monoisotopic (exact) mass is 420 g/mol. The molecule has 1 rings (SSSR count). The molecular weight excluding hydrogens is 397 g/mol. The van der Waals surface area contributed by atoms with Gasteiger partial charge < -0.3 is 46.2 Å². The number of aliphatic hydroxyl groups excluding tert-OH is 5. The molecule has 0 aromatic rings. The van der Waals surface area contributed by atoms with E-state index in [1.165, 1.54) is 7.05 Å². The van der Waals surface area contributed by atoms with Gasteiger partial charge in [-0.25, -0.2) is 4.79 Å². The van der Waals surface area contributed by atoms with E-state index in [0.29, 0.717) is 0 Å². The molecule has 12 nitrogen and oxygen atoms in total. The Balaban J connectivity index is 0.000000887. The lowest BCUT2D eigenvalue weighted by atomic mass is 9.88. The first-order chi connectivity index (χ1) is 12.7. The highest BCUT2D eigenvalue weighted by Crippen LogP contribution is 2.24. The van der Waals surface area contributed by atoms with E-state index >= 15 is 0 Å². The summed E-state index contributed by atoms with van der Waals surface area (Å²) in [7, 11) is 1.40. The summed E-state index contributed by atoms with van der Waals surface area (Å²) in [5.74, 6) is -3.77. The van der Waals surface area contributed by atoms with E-state index in [-0.39, 0.29) is 12.5 Å². The fourth-order valence-corrected chi connectivity index (χ4v) is 2.36. The lowest BCUT2D eigenvalue weighted by Crippen LogP contribution is -2.70. The molecule has 1 fully saturated rings. The van der Waals surface area contributed by atoms with Crippen LogP contribution < -0.4 is 5.73 Å². The first-order valence-corrected chi connectivity index (χ1v) is 7.62. The Bertz CT molecular complexity index is 546. The molecule has 9 N–H and O–H groups in total. The largest absolute Gasteiger partial charge is 0.490 e. The number of amides is 1. The SMILES string of the molecule is CN(CC(=O)N1[C@H](CO)[C@@H](O)C(O)[C@H](O)[C@H]1CO)C(=N)N.O=C(O)C(F)(F)F. The number of nitrogens with zero attached hydrogens (tertiary/aromatic N) is 2. The summed E-state index contributed by atoms with van der Waals surface area (Å²) in [6, 6.07) is -2.35. The zero-order valence-corrected chi connectivity index (χ0v) is 14.6. The predicted octanol–water partition coefficient (Wildman–Crippen LogP) is -3.91. The third-order valence-corrected chi connectivity index (χ3v) is 3.89. The zero-order chi connectivity index (χ0) is 22.4. The summed E-state index contributed by atoms with van der Waals surface area (Å²) in [5, 5.41) is 62.4. The summed E-state index contributed by atoms with van der Waals surface area (Å²) < 4.78 is 31.7. The lowest BCUT2D eigenvalue weighted by Gasteiger charge is -2.48. The summed E-state index contributed by atoms with van der Waals surface area (Å²) in [4.78, 5) is 23.2. The van der Waals surface area contributed by atoms with Crippen molar-refractivity contribution in [3.63, 3.8) is 0 Å². The Hall–Kier alpha value is -2.20. The van der Waals surface area contributed by atoms with Crippen LogP contribution >= 0.6 is 0 Å². The number of rotatable bonds is 4. The summed E-state index contributed by atoms with van der Waals surface area (Å²) in [6.07, 6.45) is -9.78. The van der Waals surface area contributed by atoms with E-state index in [4.69, 9.17) is 21.0 Å². The van der Waals surface area contributed by atoms with E-state index in [1.807, 2.05) is 0 Å². The Labute approximate surface area is 156 Å². The lowest BCUT2D eigenvalue weighted by molar-refractivity contribution is -0.192. The van der Waals surface area contributed by atoms with E-state index in [1.54, 1.807) is 0 Å². The van der Waals surface area contributed by atoms with Gasteiger partial charge in [-0.1, -0.05) is 0 Å². The van der Waals surface area contributed by atoms with Gasteiger partial charge in [-0.05, 0) is 0 Å². The van der Waals surface area contributed by atoms with Crippen molar-refractivity contribution in [1.29, 1.82) is 5.41 Å². The Morgan fingerprint density at radius 1 is 1.07 bits per heavy atom. The minimum absolute atomic E-state index is 0.335. The molecule has 1 amide bonds. The van der Waals surface area contributed by atoms with Gasteiger partial charge in [0.15, 0.2) is 5.96 Å². The number of guanidine groups is 1. The van der Waals surface area contributed by atoms with Crippen molar-refractivity contribution in [2.75, 3.05) is 26.8 Å². The van der Waals surface area contributed by atoms with E-state index in [2.05, 4.69) is 0 Å². The van der Waals surface area contributed by atoms with Crippen LogP contribution in [0.2, 0.25) is 0 Å². The number of aliphatic hydroxyl groups is 5. The maximum absolute atomic E-state index is 12.3. The number of likely N-dealkylation sites (tertiary alicyclic amines) is 1. The number of carbonyl (C=O) groups excluding carboxylic acids is 1. The number of carboxylic acids is 1. The number of carboxylic acid groups (broad SMARTS) is 1. The zero-order valence-electron chi connectivity index (χ0n) is 14.6. The van der Waals surface area contributed by atoms with Crippen LogP contribution in [0.15, 0.2) is 0 Å². The maximum atomic E-state index is 12.3. The average Bonchev–Trinajstić information content (AvgIpc) is 2.58. The maximum Gasteiger partial charge on any atom is 0.490 e. The Morgan fingerprint density at radius 3 is 1.68 bits per heavy atom. The topological polar surface area (TPSA) is 212 Å². The minimum Gasteiger partial charge on any atom is -0.475 e. The minimum atomic E-state index is -5.08. The number of aliphatic carboxylic acids is 1. The highest BCUT2D eigenvalue weighted by Gasteiger charge is 2.49. The van der Waals surface area contributed by atoms with Crippen molar-refractivity contribution in [2.45, 2.75) is 36.6 Å². The normalized spacial score (nSPS) is 27.5. The van der Waals surface area contributed by atoms with Crippen LogP contribution in [0.1, 0.15) is 0 Å². The first-order valence-electron chi connectivity index (χ1n) is 7.62. The Morgan fingerprint density at radius 2 is 1.43 bits per heavy atom. The van der Waals surface area contributed by atoms with Gasteiger partial charge in [0.2, 0.25) is 5.91 Å². The molecule has 28 heavy (non-hydrogen) atoms. The summed E-state index contributed by atoms with van der Waals surface area (Å²) in [5.41, 5.74) is 5.23. The van der Waals surface area contributed by atoms with Crippen molar-refractivity contribution in [3.8, 4) is 0 Å². The second-order valence-electron chi connectivity index (χ2n) is 5.82. The number of alkyl halides is 3. The molecule has 4 atom stereocenters. The van der Waals surface area contributed by atoms with E-state index < -0.39 is 61.7 Å². The number of hydrogen-bond donors (Lipinski definition) is 8. The van der Waals surface area contributed by atoms with Crippen molar-refractivity contribution < 1.29 is 53.4 Å². The van der Waals surface area contributed by atoms with Gasteiger partial charge in [0, 0.05) is 7.05 Å². The van der Waals surface area contributed by atoms with Crippen LogP contribution in [0.3, 0.4) is 0 Å². The number of nitrogens with one attached hydrogen (secondary N) is 1. The fourth-order valence-electron chi connectivity index (χ4n) is 2.36. The molecule has 0 saturated carbocycles. The van der Waals surface area contributed by atoms with Crippen LogP contribution in [0, 0.1) is 5.41 Å². The van der Waals surface area contributed by atoms with Crippen LogP contribution in [0.4, 0.5) is 13.2 Å². The van der Waals surface area contributed by atoms with Crippen molar-refractivity contribution in [3.05, 3.63) is 0 Å². The van der Waals surface area contributed by atoms with Crippen LogP contribution in [0.25, 0.3) is 0 Å². The van der Waals surface area contributed by atoms with Gasteiger partial charge in [-0.15, -0.1) is 0 Å². The molecule has 15 heteroatoms. The molecule has 164 valence electrons. The van der Waals surface area contributed by atoms with E-state index in [0.717, 1.165) is 9.80 Å². The number of nitrogens with two attached hydrogens (primary N) is 1. The molecule has 1 heterocycles. The van der Waals surface area contributed by atoms with Crippen LogP contribution in [-0.4, -0.2) is 122 Å². The van der Waals surface area contributed by atoms with Gasteiger partial charge in [-0.3, -0.25) is 10.2 Å². The predicted molar refractivity (Wildman–Crippen MR) is 84.8 cm³/mol. The van der Waals surface area contributed by atoms with Crippen molar-refractivity contribution in [2.24, 2.45) is 5.73 Å². The van der Waals surface area contributed by atoms with Crippen LogP contribution in [0.5, 0.6) is 0 Å². The number of piperidine rings is 1. The van der Waals surface area contributed by atoms with Crippen LogP contribution in [-0.2, 0) is 9.59 Å². The molecule has 0 aliphatic carbocycles. The van der Waals surface area contributed by atoms with Gasteiger partial charge >= 0.3 is 12.1 Å². The first kappa shape index (κ1) is 25.8. The summed E-state index contributed by atoms with van der Waals surface area (Å²) >= 11 is 0. The second-order valence-corrected chi connectivity index (χ2v) is 5.82. The van der Waals surface area contributed by atoms with Gasteiger partial charge in [0.1, 0.15) is 18.3 Å². The average molecular weight is 420 g/mol. The van der Waals surface area contributed by atoms with E-state index in [9.17, 15) is 43.5 Å². The standard InChI is InChI=1S/C11H22N4O6.C2HF3O2/c1-14(11(12)13)2-7(18)15-5(3-16)8(19)10(21)9(20)6(15)4-17;3-2(4,5)1(6)7/h5-6,8-10,16-17,19-21H,2-4H2,1H3,(H3,12,13);(H,6,7)/t5-,6-,8-,9-;/m1./s1. The van der Waals surface area contributed by atoms with Gasteiger partial charge in [0.05, 0.1) is 31.8 Å². The number of hydrogen-bond acceptors (Lipinski definition) is 8. The Kier molecular flexibility index (Phi) is 9.56. The van der Waals surface area contributed by atoms with Gasteiger partial charge in [-0.2, -0.15) is 13.2 Å². The molecule has 1 aliphatic rings. The number of halogens is 3. The molecule has 0 bridgehead atoms. The molecular formula is C13H23F3N4O8. The third-order valence-electron chi connectivity index (χ3n) is 3.89. The smallest absolute Gasteiger partial charge is 0.475 e. The molecule has 0 unspecified atom stereocenters. The highest BCUT2D eigenvalue weighted by molar-refractivity contribution is 5.84. The number of carbonyl (C=O) groups is 2.